The quantitative estimate of drug-likeness (QED) is 0.739. The molecule has 0 saturated heterocycles. The number of rotatable bonds is 3. The van der Waals surface area contributed by atoms with E-state index >= 15 is 0 Å². The SMILES string of the molecule is O=c1cc(C[NH2+][C@H]2CCCc3ccccc32)c2cc3c(cc2o1)CCC3. The van der Waals surface area contributed by atoms with Gasteiger partial charge in [-0.25, -0.2) is 4.79 Å². The summed E-state index contributed by atoms with van der Waals surface area (Å²) in [6.07, 6.45) is 7.07. The summed E-state index contributed by atoms with van der Waals surface area (Å²) in [4.78, 5) is 12.1. The Bertz CT molecular complexity index is 1030. The number of nitrogens with two attached hydrogens (primary N) is 1. The van der Waals surface area contributed by atoms with Crippen LogP contribution in [0.25, 0.3) is 11.0 Å². The van der Waals surface area contributed by atoms with Crippen LogP contribution in [0.5, 0.6) is 0 Å². The fourth-order valence-electron chi connectivity index (χ4n) is 4.77. The van der Waals surface area contributed by atoms with Gasteiger partial charge in [0, 0.05) is 29.0 Å². The van der Waals surface area contributed by atoms with Crippen molar-refractivity contribution in [3.8, 4) is 0 Å². The molecule has 132 valence electrons. The van der Waals surface area contributed by atoms with Crippen molar-refractivity contribution in [2.75, 3.05) is 0 Å². The van der Waals surface area contributed by atoms with E-state index in [4.69, 9.17) is 4.42 Å². The average molecular weight is 346 g/mol. The molecule has 1 aromatic heterocycles. The summed E-state index contributed by atoms with van der Waals surface area (Å²) in [7, 11) is 0. The Morgan fingerprint density at radius 2 is 1.77 bits per heavy atom. The van der Waals surface area contributed by atoms with Gasteiger partial charge in [0.25, 0.3) is 0 Å². The second kappa shape index (κ2) is 6.40. The topological polar surface area (TPSA) is 46.8 Å². The third-order valence-corrected chi connectivity index (χ3v) is 6.08. The number of hydrogen-bond acceptors (Lipinski definition) is 2. The Balaban J connectivity index is 1.48. The Hall–Kier alpha value is -2.39. The lowest BCUT2D eigenvalue weighted by Crippen LogP contribution is -2.84. The maximum atomic E-state index is 12.1. The summed E-state index contributed by atoms with van der Waals surface area (Å²) < 4.78 is 5.51. The summed E-state index contributed by atoms with van der Waals surface area (Å²) in [6, 6.07) is 15.3. The summed E-state index contributed by atoms with van der Waals surface area (Å²) in [5, 5.41) is 3.52. The highest BCUT2D eigenvalue weighted by Gasteiger charge is 2.23. The van der Waals surface area contributed by atoms with Crippen molar-refractivity contribution < 1.29 is 9.73 Å². The van der Waals surface area contributed by atoms with E-state index in [0.717, 1.165) is 35.9 Å². The number of aryl methyl sites for hydroxylation is 3. The molecule has 0 unspecified atom stereocenters. The van der Waals surface area contributed by atoms with E-state index in [1.165, 1.54) is 47.9 Å². The van der Waals surface area contributed by atoms with Gasteiger partial charge in [0.2, 0.25) is 0 Å². The van der Waals surface area contributed by atoms with Crippen LogP contribution in [-0.2, 0) is 25.8 Å². The smallest absolute Gasteiger partial charge is 0.336 e. The normalized spacial score (nSPS) is 18.7. The Morgan fingerprint density at radius 3 is 2.69 bits per heavy atom. The van der Waals surface area contributed by atoms with Gasteiger partial charge in [-0.05, 0) is 60.9 Å². The molecule has 26 heavy (non-hydrogen) atoms. The van der Waals surface area contributed by atoms with E-state index in [0.29, 0.717) is 6.04 Å². The van der Waals surface area contributed by atoms with Crippen LogP contribution in [0.3, 0.4) is 0 Å². The number of quaternary nitrogens is 1. The molecule has 2 aliphatic rings. The van der Waals surface area contributed by atoms with E-state index in [-0.39, 0.29) is 5.63 Å². The van der Waals surface area contributed by atoms with Crippen LogP contribution >= 0.6 is 0 Å². The summed E-state index contributed by atoms with van der Waals surface area (Å²) in [5.74, 6) is 0. The maximum Gasteiger partial charge on any atom is 0.336 e. The van der Waals surface area contributed by atoms with Crippen LogP contribution in [0, 0.1) is 0 Å². The lowest BCUT2D eigenvalue weighted by atomic mass is 9.87. The fourth-order valence-corrected chi connectivity index (χ4v) is 4.77. The largest absolute Gasteiger partial charge is 0.423 e. The third-order valence-electron chi connectivity index (χ3n) is 6.08. The molecular weight excluding hydrogens is 322 g/mol. The maximum absolute atomic E-state index is 12.1. The lowest BCUT2D eigenvalue weighted by Gasteiger charge is -2.23. The molecule has 3 heteroatoms. The predicted molar refractivity (Wildman–Crippen MR) is 102 cm³/mol. The third kappa shape index (κ3) is 2.77. The minimum atomic E-state index is -0.233. The van der Waals surface area contributed by atoms with Crippen LogP contribution in [0.4, 0.5) is 0 Å². The van der Waals surface area contributed by atoms with Gasteiger partial charge >= 0.3 is 5.63 Å². The number of hydrogen-bond donors (Lipinski definition) is 1. The van der Waals surface area contributed by atoms with Crippen molar-refractivity contribution in [2.45, 2.75) is 51.1 Å². The molecule has 0 saturated carbocycles. The van der Waals surface area contributed by atoms with Crippen molar-refractivity contribution in [1.82, 2.24) is 0 Å². The van der Waals surface area contributed by atoms with E-state index in [2.05, 4.69) is 41.7 Å². The van der Waals surface area contributed by atoms with Crippen LogP contribution in [0.15, 0.2) is 51.7 Å². The molecule has 0 bridgehead atoms. The lowest BCUT2D eigenvalue weighted by molar-refractivity contribution is -0.712. The van der Waals surface area contributed by atoms with Crippen LogP contribution in [0.2, 0.25) is 0 Å². The molecule has 0 radical (unpaired) electrons. The first-order valence-electron chi connectivity index (χ1n) is 9.77. The predicted octanol–water partition coefficient (Wildman–Crippen LogP) is 3.42. The van der Waals surface area contributed by atoms with Gasteiger partial charge in [-0.15, -0.1) is 0 Å². The molecule has 0 aliphatic heterocycles. The fraction of sp³-hybridized carbons (Fsp3) is 0.348. The second-order valence-corrected chi connectivity index (χ2v) is 7.70. The van der Waals surface area contributed by atoms with Gasteiger partial charge in [0.05, 0.1) is 0 Å². The highest BCUT2D eigenvalue weighted by Crippen LogP contribution is 2.29. The van der Waals surface area contributed by atoms with Crippen molar-refractivity contribution >= 4 is 11.0 Å². The molecule has 1 heterocycles. The van der Waals surface area contributed by atoms with Gasteiger partial charge in [0.15, 0.2) is 0 Å². The molecule has 2 aromatic carbocycles. The molecule has 2 N–H and O–H groups in total. The van der Waals surface area contributed by atoms with Gasteiger partial charge in [-0.2, -0.15) is 0 Å². The zero-order valence-electron chi connectivity index (χ0n) is 15.0. The highest BCUT2D eigenvalue weighted by atomic mass is 16.4. The van der Waals surface area contributed by atoms with Gasteiger partial charge in [-0.3, -0.25) is 0 Å². The molecule has 0 fully saturated rings. The minimum Gasteiger partial charge on any atom is -0.423 e. The van der Waals surface area contributed by atoms with Crippen LogP contribution < -0.4 is 10.9 Å². The first-order valence-corrected chi connectivity index (χ1v) is 9.77. The van der Waals surface area contributed by atoms with Crippen LogP contribution in [0.1, 0.15) is 53.1 Å². The first kappa shape index (κ1) is 15.8. The van der Waals surface area contributed by atoms with Crippen LogP contribution in [-0.4, -0.2) is 0 Å². The summed E-state index contributed by atoms with van der Waals surface area (Å²) >= 11 is 0. The highest BCUT2D eigenvalue weighted by molar-refractivity contribution is 5.82. The number of benzene rings is 2. The van der Waals surface area contributed by atoms with Crippen molar-refractivity contribution in [3.63, 3.8) is 0 Å². The van der Waals surface area contributed by atoms with E-state index in [1.807, 2.05) is 0 Å². The Kier molecular flexibility index (Phi) is 3.90. The molecule has 0 amide bonds. The molecule has 3 aromatic rings. The van der Waals surface area contributed by atoms with Crippen molar-refractivity contribution in [2.24, 2.45) is 0 Å². The molecule has 3 nitrogen and oxygen atoms in total. The van der Waals surface area contributed by atoms with E-state index in [1.54, 1.807) is 6.07 Å². The van der Waals surface area contributed by atoms with E-state index in [9.17, 15) is 4.79 Å². The van der Waals surface area contributed by atoms with Gasteiger partial charge in [-0.1, -0.05) is 24.3 Å². The Morgan fingerprint density at radius 1 is 0.962 bits per heavy atom. The number of fused-ring (bicyclic) bond motifs is 3. The van der Waals surface area contributed by atoms with Crippen molar-refractivity contribution in [1.29, 1.82) is 0 Å². The summed E-state index contributed by atoms with van der Waals surface area (Å²) in [6.45, 7) is 0.819. The summed E-state index contributed by atoms with van der Waals surface area (Å²) in [5.41, 5.74) is 7.35. The first-order chi connectivity index (χ1) is 12.8. The molecule has 2 aliphatic carbocycles. The van der Waals surface area contributed by atoms with Crippen molar-refractivity contribution in [3.05, 3.63) is 80.7 Å². The van der Waals surface area contributed by atoms with Gasteiger partial charge < -0.3 is 9.73 Å². The zero-order chi connectivity index (χ0) is 17.5. The standard InChI is InChI=1S/C23H23NO2/c25-23-13-18(20-11-16-7-3-8-17(16)12-22(20)26-23)14-24-21-10-4-6-15-5-1-2-9-19(15)21/h1-2,5,9,11-13,21,24H,3-4,6-8,10,14H2/p+1/t21-/m0/s1. The monoisotopic (exact) mass is 346 g/mol. The minimum absolute atomic E-state index is 0.233. The zero-order valence-corrected chi connectivity index (χ0v) is 15.0. The van der Waals surface area contributed by atoms with Gasteiger partial charge in [0.1, 0.15) is 18.2 Å². The molecule has 0 spiro atoms. The average Bonchev–Trinajstić information content (AvgIpc) is 3.11. The molecule has 5 rings (SSSR count). The van der Waals surface area contributed by atoms with E-state index < -0.39 is 0 Å². The molecular formula is C23H24NO2+. The second-order valence-electron chi connectivity index (χ2n) is 7.70. The Labute approximate surface area is 153 Å². The molecule has 1 atom stereocenters.